The van der Waals surface area contributed by atoms with E-state index < -0.39 is 11.9 Å². The van der Waals surface area contributed by atoms with Gasteiger partial charge in [0.1, 0.15) is 6.04 Å². The van der Waals surface area contributed by atoms with Crippen LogP contribution in [0.25, 0.3) is 22.5 Å². The summed E-state index contributed by atoms with van der Waals surface area (Å²) in [7, 11) is 0. The summed E-state index contributed by atoms with van der Waals surface area (Å²) in [4.78, 5) is 32.6. The van der Waals surface area contributed by atoms with Crippen LogP contribution in [0.3, 0.4) is 0 Å². The topological polar surface area (TPSA) is 157 Å². The first-order valence-corrected chi connectivity index (χ1v) is 13.2. The molecule has 1 fully saturated rings. The zero-order valence-electron chi connectivity index (χ0n) is 21.6. The van der Waals surface area contributed by atoms with Gasteiger partial charge in [-0.1, -0.05) is 24.3 Å². The number of aromatic amines is 1. The van der Waals surface area contributed by atoms with Crippen molar-refractivity contribution in [3.8, 4) is 22.5 Å². The molecule has 5 rings (SSSR count). The van der Waals surface area contributed by atoms with E-state index in [0.29, 0.717) is 30.4 Å². The maximum atomic E-state index is 14.0. The monoisotopic (exact) mass is 524 g/mol. The lowest BCUT2D eigenvalue weighted by Gasteiger charge is -2.35. The lowest BCUT2D eigenvalue weighted by molar-refractivity contribution is -0.127. The van der Waals surface area contributed by atoms with E-state index in [1.54, 1.807) is 29.4 Å². The number of primary amides is 1. The van der Waals surface area contributed by atoms with E-state index in [9.17, 15) is 9.59 Å². The van der Waals surface area contributed by atoms with Crippen LogP contribution >= 0.6 is 0 Å². The average Bonchev–Trinajstić information content (AvgIpc) is 3.53. The maximum Gasteiger partial charge on any atom is 0.240 e. The fourth-order valence-electron chi connectivity index (χ4n) is 5.28. The third-order valence-electron chi connectivity index (χ3n) is 7.55. The van der Waals surface area contributed by atoms with Crippen LogP contribution in [-0.4, -0.2) is 50.0 Å². The minimum Gasteiger partial charge on any atom is -0.368 e. The molecule has 1 aliphatic carbocycles. The molecule has 1 saturated carbocycles. The molecule has 0 unspecified atom stereocenters. The molecule has 2 aromatic carbocycles. The number of benzene rings is 2. The van der Waals surface area contributed by atoms with Crippen LogP contribution in [-0.2, 0) is 16.0 Å². The molecule has 0 aliphatic heterocycles. The third kappa shape index (κ3) is 6.01. The fraction of sp³-hybridized carbons (Fsp3) is 0.310. The highest BCUT2D eigenvalue weighted by Crippen LogP contribution is 2.33. The number of nitrogens with zero attached hydrogens (tertiary/aromatic N) is 5. The molecule has 39 heavy (non-hydrogen) atoms. The lowest BCUT2D eigenvalue weighted by atomic mass is 9.81. The number of rotatable bonds is 9. The van der Waals surface area contributed by atoms with E-state index in [1.807, 2.05) is 48.5 Å². The number of carbonyl (C=O) groups excluding carboxylic acids is 2. The quantitative estimate of drug-likeness (QED) is 0.304. The van der Waals surface area contributed by atoms with Crippen molar-refractivity contribution in [2.24, 2.45) is 23.3 Å². The highest BCUT2D eigenvalue weighted by Gasteiger charge is 2.36. The molecule has 200 valence electrons. The normalized spacial score (nSPS) is 17.9. The summed E-state index contributed by atoms with van der Waals surface area (Å²) in [5.74, 6) is 0.0397. The Morgan fingerprint density at radius 3 is 2.13 bits per heavy atom. The number of anilines is 1. The molecular formula is C29H32N8O2. The van der Waals surface area contributed by atoms with Crippen LogP contribution in [0.15, 0.2) is 73.1 Å². The standard InChI is InChI=1S/C29H32N8O2/c30-18-20-3-7-24(8-4-20)29(39)37(25-11-9-23(10-12-25)28-33-35-36-34-28)26(27(31)38)17-19-1-5-21(6-2-19)22-13-15-32-16-14-22/h1-2,5-6,9-16,20,24,26H,3-4,7-8,17-18,30H2,(H2,31,38)(H,33,34,35,36)/t20?,24?,26-/m0/s1. The average molecular weight is 525 g/mol. The summed E-state index contributed by atoms with van der Waals surface area (Å²) in [5.41, 5.74) is 16.2. The van der Waals surface area contributed by atoms with Gasteiger partial charge in [0.15, 0.2) is 0 Å². The number of carbonyl (C=O) groups is 2. The number of tetrazole rings is 1. The van der Waals surface area contributed by atoms with Crippen molar-refractivity contribution in [1.29, 1.82) is 0 Å². The van der Waals surface area contributed by atoms with E-state index in [4.69, 9.17) is 11.5 Å². The van der Waals surface area contributed by atoms with Crippen molar-refractivity contribution >= 4 is 17.5 Å². The number of pyridine rings is 1. The summed E-state index contributed by atoms with van der Waals surface area (Å²) in [6.07, 6.45) is 7.07. The van der Waals surface area contributed by atoms with Crippen molar-refractivity contribution in [3.63, 3.8) is 0 Å². The van der Waals surface area contributed by atoms with Crippen molar-refractivity contribution in [2.45, 2.75) is 38.1 Å². The summed E-state index contributed by atoms with van der Waals surface area (Å²) >= 11 is 0. The molecule has 2 amide bonds. The smallest absolute Gasteiger partial charge is 0.240 e. The molecule has 1 aliphatic rings. The number of aromatic nitrogens is 5. The number of nitrogens with two attached hydrogens (primary N) is 2. The highest BCUT2D eigenvalue weighted by atomic mass is 16.2. The Kier molecular flexibility index (Phi) is 8.02. The first kappa shape index (κ1) is 26.2. The molecule has 2 heterocycles. The Balaban J connectivity index is 1.44. The van der Waals surface area contributed by atoms with E-state index in [0.717, 1.165) is 47.9 Å². The van der Waals surface area contributed by atoms with Gasteiger partial charge in [0.05, 0.1) is 0 Å². The molecule has 4 aromatic rings. The van der Waals surface area contributed by atoms with Gasteiger partial charge in [-0.25, -0.2) is 0 Å². The molecular weight excluding hydrogens is 492 g/mol. The van der Waals surface area contributed by atoms with Gasteiger partial charge < -0.3 is 11.5 Å². The molecule has 0 spiro atoms. The molecule has 1 atom stereocenters. The Bertz CT molecular complexity index is 1370. The van der Waals surface area contributed by atoms with Crippen molar-refractivity contribution in [3.05, 3.63) is 78.6 Å². The minimum absolute atomic E-state index is 0.0880. The molecule has 10 heteroatoms. The van der Waals surface area contributed by atoms with E-state index in [1.165, 1.54) is 0 Å². The van der Waals surface area contributed by atoms with Crippen LogP contribution in [0.5, 0.6) is 0 Å². The highest BCUT2D eigenvalue weighted by molar-refractivity contribution is 6.01. The molecule has 0 bridgehead atoms. The number of hydrogen-bond acceptors (Lipinski definition) is 7. The van der Waals surface area contributed by atoms with Gasteiger partial charge in [-0.05, 0) is 96.4 Å². The first-order valence-electron chi connectivity index (χ1n) is 13.2. The van der Waals surface area contributed by atoms with Crippen molar-refractivity contribution in [1.82, 2.24) is 25.6 Å². The predicted molar refractivity (Wildman–Crippen MR) is 148 cm³/mol. The van der Waals surface area contributed by atoms with Crippen LogP contribution in [0.1, 0.15) is 31.2 Å². The number of amides is 2. The largest absolute Gasteiger partial charge is 0.368 e. The van der Waals surface area contributed by atoms with Gasteiger partial charge in [0, 0.05) is 36.0 Å². The van der Waals surface area contributed by atoms with Gasteiger partial charge in [-0.15, -0.1) is 10.2 Å². The van der Waals surface area contributed by atoms with Gasteiger partial charge in [0.25, 0.3) is 0 Å². The second-order valence-corrected chi connectivity index (χ2v) is 10.00. The molecule has 5 N–H and O–H groups in total. The maximum absolute atomic E-state index is 14.0. The Hall–Kier alpha value is -4.44. The number of hydrogen-bond donors (Lipinski definition) is 3. The summed E-state index contributed by atoms with van der Waals surface area (Å²) in [6.45, 7) is 0.627. The molecule has 10 nitrogen and oxygen atoms in total. The van der Waals surface area contributed by atoms with Gasteiger partial charge in [-0.2, -0.15) is 5.21 Å². The third-order valence-corrected chi connectivity index (χ3v) is 7.55. The van der Waals surface area contributed by atoms with Gasteiger partial charge in [-0.3, -0.25) is 19.5 Å². The van der Waals surface area contributed by atoms with Crippen LogP contribution in [0, 0.1) is 11.8 Å². The van der Waals surface area contributed by atoms with E-state index >= 15 is 0 Å². The zero-order chi connectivity index (χ0) is 27.2. The summed E-state index contributed by atoms with van der Waals surface area (Å²) < 4.78 is 0. The van der Waals surface area contributed by atoms with Crippen molar-refractivity contribution in [2.75, 3.05) is 11.4 Å². The second kappa shape index (κ2) is 12.0. The minimum atomic E-state index is -0.854. The zero-order valence-corrected chi connectivity index (χ0v) is 21.6. The lowest BCUT2D eigenvalue weighted by Crippen LogP contribution is -2.52. The summed E-state index contributed by atoms with van der Waals surface area (Å²) in [5, 5.41) is 14.1. The second-order valence-electron chi connectivity index (χ2n) is 10.00. The van der Waals surface area contributed by atoms with E-state index in [2.05, 4.69) is 25.6 Å². The fourth-order valence-corrected chi connectivity index (χ4v) is 5.28. The van der Waals surface area contributed by atoms with Crippen LogP contribution in [0.2, 0.25) is 0 Å². The van der Waals surface area contributed by atoms with Gasteiger partial charge in [0.2, 0.25) is 17.6 Å². The number of nitrogens with one attached hydrogen (secondary N) is 1. The van der Waals surface area contributed by atoms with Crippen molar-refractivity contribution < 1.29 is 9.59 Å². The molecule has 2 aromatic heterocycles. The Morgan fingerprint density at radius 2 is 1.54 bits per heavy atom. The Labute approximate surface area is 226 Å². The first-order chi connectivity index (χ1) is 19.0. The van der Waals surface area contributed by atoms with Crippen LogP contribution < -0.4 is 16.4 Å². The Morgan fingerprint density at radius 1 is 0.897 bits per heavy atom. The van der Waals surface area contributed by atoms with E-state index in [-0.39, 0.29) is 11.8 Å². The van der Waals surface area contributed by atoms with Gasteiger partial charge >= 0.3 is 0 Å². The molecule has 0 saturated heterocycles. The SMILES string of the molecule is NCC1CCC(C(=O)N(c2ccc(-c3nn[nH]n3)cc2)[C@@H](Cc2ccc(-c3ccncc3)cc2)C(N)=O)CC1. The predicted octanol–water partition coefficient (Wildman–Crippen LogP) is 3.12. The van der Waals surface area contributed by atoms with Crippen LogP contribution in [0.4, 0.5) is 5.69 Å². The molecule has 0 radical (unpaired) electrons. The number of H-pyrrole nitrogens is 1. The summed E-state index contributed by atoms with van der Waals surface area (Å²) in [6, 6.07) is 18.2.